The van der Waals surface area contributed by atoms with Gasteiger partial charge in [-0.2, -0.15) is 0 Å². The van der Waals surface area contributed by atoms with Crippen LogP contribution in [-0.4, -0.2) is 21.5 Å². The molecule has 0 amide bonds. The zero-order valence-corrected chi connectivity index (χ0v) is 12.4. The Bertz CT molecular complexity index is 588. The standard InChI is InChI=1S/C14H18ClN5/c1-3-5-18-13(12-4-6-17-9(2)20-12)11-7-10(15)8-19-14(11)16/h4,6-8,13,18H,3,5H2,1-2H3,(H2,16,19). The van der Waals surface area contributed by atoms with Crippen molar-refractivity contribution in [2.45, 2.75) is 26.3 Å². The van der Waals surface area contributed by atoms with Crippen LogP contribution in [0.15, 0.2) is 24.5 Å². The van der Waals surface area contributed by atoms with Gasteiger partial charge in [0.15, 0.2) is 0 Å². The Balaban J connectivity index is 2.44. The van der Waals surface area contributed by atoms with Crippen molar-refractivity contribution in [2.75, 3.05) is 12.3 Å². The second kappa shape index (κ2) is 6.63. The van der Waals surface area contributed by atoms with Gasteiger partial charge < -0.3 is 11.1 Å². The molecule has 0 aromatic carbocycles. The van der Waals surface area contributed by atoms with Gasteiger partial charge in [-0.05, 0) is 32.0 Å². The first kappa shape index (κ1) is 14.7. The first-order valence-electron chi connectivity index (χ1n) is 6.55. The van der Waals surface area contributed by atoms with Crippen molar-refractivity contribution in [3.63, 3.8) is 0 Å². The second-order valence-electron chi connectivity index (χ2n) is 4.54. The average Bonchev–Trinajstić information content (AvgIpc) is 2.43. The van der Waals surface area contributed by atoms with Crippen LogP contribution < -0.4 is 11.1 Å². The van der Waals surface area contributed by atoms with Crippen molar-refractivity contribution in [3.05, 3.63) is 46.6 Å². The SMILES string of the molecule is CCCNC(c1ccnc(C)n1)c1cc(Cl)cnc1N. The smallest absolute Gasteiger partial charge is 0.128 e. The Morgan fingerprint density at radius 3 is 2.90 bits per heavy atom. The summed E-state index contributed by atoms with van der Waals surface area (Å²) >= 11 is 6.04. The maximum atomic E-state index is 6.04. The average molecular weight is 292 g/mol. The largest absolute Gasteiger partial charge is 0.383 e. The molecule has 0 saturated heterocycles. The fourth-order valence-electron chi connectivity index (χ4n) is 1.99. The number of aromatic nitrogens is 3. The van der Waals surface area contributed by atoms with Gasteiger partial charge in [0.2, 0.25) is 0 Å². The zero-order chi connectivity index (χ0) is 14.5. The molecule has 0 bridgehead atoms. The summed E-state index contributed by atoms with van der Waals surface area (Å²) < 4.78 is 0. The molecule has 20 heavy (non-hydrogen) atoms. The van der Waals surface area contributed by atoms with E-state index in [0.717, 1.165) is 30.0 Å². The van der Waals surface area contributed by atoms with Gasteiger partial charge in [0.05, 0.1) is 16.8 Å². The zero-order valence-electron chi connectivity index (χ0n) is 11.6. The Morgan fingerprint density at radius 1 is 1.40 bits per heavy atom. The van der Waals surface area contributed by atoms with E-state index in [-0.39, 0.29) is 6.04 Å². The van der Waals surface area contributed by atoms with Gasteiger partial charge in [0.1, 0.15) is 11.6 Å². The molecule has 2 rings (SSSR count). The van der Waals surface area contributed by atoms with Crippen molar-refractivity contribution >= 4 is 17.4 Å². The molecular weight excluding hydrogens is 274 g/mol. The summed E-state index contributed by atoms with van der Waals surface area (Å²) in [7, 11) is 0. The topological polar surface area (TPSA) is 76.7 Å². The molecule has 2 aromatic rings. The fourth-order valence-corrected chi connectivity index (χ4v) is 2.16. The number of rotatable bonds is 5. The van der Waals surface area contributed by atoms with Crippen LogP contribution in [0.2, 0.25) is 5.02 Å². The Morgan fingerprint density at radius 2 is 2.20 bits per heavy atom. The number of nitrogens with zero attached hydrogens (tertiary/aromatic N) is 3. The molecule has 0 radical (unpaired) electrons. The van der Waals surface area contributed by atoms with E-state index in [0.29, 0.717) is 10.8 Å². The molecule has 6 heteroatoms. The number of pyridine rings is 1. The Labute approximate surface area is 123 Å². The third-order valence-corrected chi connectivity index (χ3v) is 3.13. The van der Waals surface area contributed by atoms with Crippen molar-refractivity contribution < 1.29 is 0 Å². The van der Waals surface area contributed by atoms with Gasteiger partial charge >= 0.3 is 0 Å². The van der Waals surface area contributed by atoms with Crippen molar-refractivity contribution in [1.29, 1.82) is 0 Å². The lowest BCUT2D eigenvalue weighted by molar-refractivity contribution is 0.583. The summed E-state index contributed by atoms with van der Waals surface area (Å²) in [4.78, 5) is 12.7. The Kier molecular flexibility index (Phi) is 4.87. The van der Waals surface area contributed by atoms with Crippen molar-refractivity contribution in [2.24, 2.45) is 0 Å². The highest BCUT2D eigenvalue weighted by atomic mass is 35.5. The molecular formula is C14H18ClN5. The van der Waals surface area contributed by atoms with E-state index in [1.54, 1.807) is 12.4 Å². The minimum atomic E-state index is -0.136. The van der Waals surface area contributed by atoms with Gasteiger partial charge in [-0.15, -0.1) is 0 Å². The molecule has 0 spiro atoms. The molecule has 0 fully saturated rings. The van der Waals surface area contributed by atoms with Gasteiger partial charge in [-0.25, -0.2) is 15.0 Å². The molecule has 106 valence electrons. The molecule has 2 aromatic heterocycles. The molecule has 0 aliphatic rings. The van der Waals surface area contributed by atoms with Crippen molar-refractivity contribution in [1.82, 2.24) is 20.3 Å². The summed E-state index contributed by atoms with van der Waals surface area (Å²) in [5.74, 6) is 1.18. The maximum absolute atomic E-state index is 6.04. The minimum absolute atomic E-state index is 0.136. The number of hydrogen-bond acceptors (Lipinski definition) is 5. The summed E-state index contributed by atoms with van der Waals surface area (Å²) in [6, 6.07) is 3.57. The van der Waals surface area contributed by atoms with Crippen LogP contribution in [0, 0.1) is 6.92 Å². The summed E-state index contributed by atoms with van der Waals surface area (Å²) in [6.45, 7) is 4.81. The molecule has 3 N–H and O–H groups in total. The molecule has 1 unspecified atom stereocenters. The van der Waals surface area contributed by atoms with E-state index < -0.39 is 0 Å². The van der Waals surface area contributed by atoms with E-state index in [4.69, 9.17) is 17.3 Å². The summed E-state index contributed by atoms with van der Waals surface area (Å²) in [6.07, 6.45) is 4.30. The van der Waals surface area contributed by atoms with Crippen LogP contribution in [0.5, 0.6) is 0 Å². The van der Waals surface area contributed by atoms with E-state index in [1.165, 1.54) is 0 Å². The molecule has 0 aliphatic carbocycles. The Hall–Kier alpha value is -1.72. The second-order valence-corrected chi connectivity index (χ2v) is 4.98. The lowest BCUT2D eigenvalue weighted by Crippen LogP contribution is -2.25. The highest BCUT2D eigenvalue weighted by Gasteiger charge is 2.19. The van der Waals surface area contributed by atoms with Crippen LogP contribution in [0.1, 0.15) is 36.5 Å². The maximum Gasteiger partial charge on any atom is 0.128 e. The van der Waals surface area contributed by atoms with Crippen LogP contribution in [0.25, 0.3) is 0 Å². The molecule has 1 atom stereocenters. The lowest BCUT2D eigenvalue weighted by atomic mass is 10.0. The van der Waals surface area contributed by atoms with E-state index in [9.17, 15) is 0 Å². The molecule has 2 heterocycles. The molecule has 0 aliphatic heterocycles. The highest BCUT2D eigenvalue weighted by molar-refractivity contribution is 6.30. The highest BCUT2D eigenvalue weighted by Crippen LogP contribution is 2.26. The monoisotopic (exact) mass is 291 g/mol. The normalized spacial score (nSPS) is 12.3. The van der Waals surface area contributed by atoms with Gasteiger partial charge in [0, 0.05) is 18.0 Å². The molecule has 0 saturated carbocycles. The van der Waals surface area contributed by atoms with Gasteiger partial charge in [0.25, 0.3) is 0 Å². The number of halogens is 1. The number of nitrogens with one attached hydrogen (secondary N) is 1. The third kappa shape index (κ3) is 3.43. The first-order chi connectivity index (χ1) is 9.61. The van der Waals surface area contributed by atoms with Crippen molar-refractivity contribution in [3.8, 4) is 0 Å². The van der Waals surface area contributed by atoms with Crippen LogP contribution in [-0.2, 0) is 0 Å². The van der Waals surface area contributed by atoms with E-state index in [2.05, 4.69) is 27.2 Å². The third-order valence-electron chi connectivity index (χ3n) is 2.92. The number of nitrogens with two attached hydrogens (primary N) is 1. The predicted molar refractivity (Wildman–Crippen MR) is 80.6 cm³/mol. The number of nitrogen functional groups attached to an aromatic ring is 1. The predicted octanol–water partition coefficient (Wildman–Crippen LogP) is 2.50. The summed E-state index contributed by atoms with van der Waals surface area (Å²) in [5.41, 5.74) is 7.68. The fraction of sp³-hybridized carbons (Fsp3) is 0.357. The number of aryl methyl sites for hydroxylation is 1. The number of hydrogen-bond donors (Lipinski definition) is 2. The number of anilines is 1. The summed E-state index contributed by atoms with van der Waals surface area (Å²) in [5, 5.41) is 3.99. The van der Waals surface area contributed by atoms with Gasteiger partial charge in [-0.1, -0.05) is 18.5 Å². The van der Waals surface area contributed by atoms with Crippen LogP contribution in [0.4, 0.5) is 5.82 Å². The first-order valence-corrected chi connectivity index (χ1v) is 6.93. The van der Waals surface area contributed by atoms with Crippen LogP contribution >= 0.6 is 11.6 Å². The van der Waals surface area contributed by atoms with Gasteiger partial charge in [-0.3, -0.25) is 0 Å². The van der Waals surface area contributed by atoms with Crippen LogP contribution in [0.3, 0.4) is 0 Å². The van der Waals surface area contributed by atoms with E-state index >= 15 is 0 Å². The lowest BCUT2D eigenvalue weighted by Gasteiger charge is -2.20. The van der Waals surface area contributed by atoms with E-state index in [1.807, 2.05) is 19.1 Å². The molecule has 5 nitrogen and oxygen atoms in total. The quantitative estimate of drug-likeness (QED) is 0.885. The minimum Gasteiger partial charge on any atom is -0.383 e.